The number of rotatable bonds is 13. The average Bonchev–Trinajstić information content (AvgIpc) is 3.03. The monoisotopic (exact) mass is 621 g/mol. The molecule has 0 bridgehead atoms. The predicted molar refractivity (Wildman–Crippen MR) is 171 cm³/mol. The number of hydrogen-bond acceptors (Lipinski definition) is 6. The largest absolute Gasteiger partial charge is 0.497 e. The van der Waals surface area contributed by atoms with Crippen LogP contribution in [0.15, 0.2) is 77.7 Å². The van der Waals surface area contributed by atoms with Gasteiger partial charge in [-0.15, -0.1) is 0 Å². The fraction of sp³-hybridized carbons (Fsp3) is 0.412. The van der Waals surface area contributed by atoms with Crippen LogP contribution in [0.5, 0.6) is 11.5 Å². The van der Waals surface area contributed by atoms with E-state index in [9.17, 15) is 18.0 Å². The average molecular weight is 622 g/mol. The number of nitrogens with zero attached hydrogens (tertiary/aromatic N) is 2. The van der Waals surface area contributed by atoms with Gasteiger partial charge in [0.25, 0.3) is 10.0 Å². The molecule has 0 heterocycles. The second kappa shape index (κ2) is 15.1. The van der Waals surface area contributed by atoms with E-state index in [-0.39, 0.29) is 23.4 Å². The van der Waals surface area contributed by atoms with Crippen molar-refractivity contribution in [2.24, 2.45) is 0 Å². The van der Waals surface area contributed by atoms with Gasteiger partial charge in [0.15, 0.2) is 0 Å². The number of carbonyl (C=O) groups excluding carboxylic acids is 2. The fourth-order valence-corrected chi connectivity index (χ4v) is 6.73. The summed E-state index contributed by atoms with van der Waals surface area (Å²) in [7, 11) is -2.57. The first-order chi connectivity index (χ1) is 21.1. The first-order valence-corrected chi connectivity index (χ1v) is 16.6. The molecular formula is C34H43N3O6S. The summed E-state index contributed by atoms with van der Waals surface area (Å²) in [5.41, 5.74) is 2.01. The Balaban J connectivity index is 1.67. The molecule has 0 radical (unpaired) electrons. The molecule has 0 unspecified atom stereocenters. The highest BCUT2D eigenvalue weighted by Crippen LogP contribution is 2.27. The van der Waals surface area contributed by atoms with Crippen LogP contribution in [0.4, 0.5) is 5.69 Å². The van der Waals surface area contributed by atoms with Crippen molar-refractivity contribution < 1.29 is 27.5 Å². The number of sulfonamides is 1. The number of methoxy groups -OCH3 is 1. The van der Waals surface area contributed by atoms with E-state index < -0.39 is 28.5 Å². The van der Waals surface area contributed by atoms with Gasteiger partial charge in [0.05, 0.1) is 24.3 Å². The van der Waals surface area contributed by atoms with Crippen LogP contribution in [0.3, 0.4) is 0 Å². The summed E-state index contributed by atoms with van der Waals surface area (Å²) >= 11 is 0. The van der Waals surface area contributed by atoms with E-state index in [0.717, 1.165) is 47.5 Å². The van der Waals surface area contributed by atoms with Gasteiger partial charge < -0.3 is 19.7 Å². The molecule has 1 saturated carbocycles. The van der Waals surface area contributed by atoms with Crippen molar-refractivity contribution in [2.45, 2.75) is 76.4 Å². The SMILES string of the molecule is CCOc1ccc(N(CC(=O)N(Cc2ccc(OC)cc2)[C@H](C)C(=O)NC2CCCCC2)S(=O)(=O)c2ccc(C)cc2)cc1. The molecule has 0 aromatic heterocycles. The van der Waals surface area contributed by atoms with Crippen molar-refractivity contribution in [3.63, 3.8) is 0 Å². The molecule has 0 aliphatic heterocycles. The van der Waals surface area contributed by atoms with Gasteiger partial charge in [-0.05, 0) is 87.7 Å². The van der Waals surface area contributed by atoms with E-state index in [0.29, 0.717) is 23.8 Å². The Morgan fingerprint density at radius 1 is 0.909 bits per heavy atom. The van der Waals surface area contributed by atoms with E-state index in [2.05, 4.69) is 5.32 Å². The molecule has 1 fully saturated rings. The van der Waals surface area contributed by atoms with Gasteiger partial charge in [-0.2, -0.15) is 0 Å². The lowest BCUT2D eigenvalue weighted by Gasteiger charge is -2.33. The Labute approximate surface area is 261 Å². The molecule has 1 N–H and O–H groups in total. The second-order valence-electron chi connectivity index (χ2n) is 11.1. The molecule has 10 heteroatoms. The number of nitrogens with one attached hydrogen (secondary N) is 1. The second-order valence-corrected chi connectivity index (χ2v) is 13.0. The molecule has 0 spiro atoms. The summed E-state index contributed by atoms with van der Waals surface area (Å²) < 4.78 is 40.0. The van der Waals surface area contributed by atoms with Crippen LogP contribution >= 0.6 is 0 Å². The van der Waals surface area contributed by atoms with Crippen molar-refractivity contribution in [3.8, 4) is 11.5 Å². The topological polar surface area (TPSA) is 105 Å². The normalized spacial score (nSPS) is 14.4. The van der Waals surface area contributed by atoms with Crippen LogP contribution in [-0.2, 0) is 26.2 Å². The van der Waals surface area contributed by atoms with Crippen LogP contribution in [0.2, 0.25) is 0 Å². The Morgan fingerprint density at radius 3 is 2.11 bits per heavy atom. The summed E-state index contributed by atoms with van der Waals surface area (Å²) in [4.78, 5) is 29.2. The number of carbonyl (C=O) groups is 2. The summed E-state index contributed by atoms with van der Waals surface area (Å²) in [6, 6.07) is 19.6. The van der Waals surface area contributed by atoms with Crippen LogP contribution in [0.25, 0.3) is 0 Å². The number of hydrogen-bond donors (Lipinski definition) is 1. The molecule has 44 heavy (non-hydrogen) atoms. The van der Waals surface area contributed by atoms with Gasteiger partial charge in [-0.1, -0.05) is 49.1 Å². The lowest BCUT2D eigenvalue weighted by Crippen LogP contribution is -2.53. The third-order valence-corrected chi connectivity index (χ3v) is 9.74. The maximum absolute atomic E-state index is 14.2. The standard InChI is InChI=1S/C34H43N3O6S/c1-5-43-31-19-15-29(16-20-31)37(44(40,41)32-21-11-25(2)12-22-32)24-33(38)36(23-27-13-17-30(42-4)18-14-27)26(3)34(39)35-28-9-7-6-8-10-28/h11-22,26,28H,5-10,23-24H2,1-4H3,(H,35,39)/t26-/m1/s1. The number of benzene rings is 3. The highest BCUT2D eigenvalue weighted by atomic mass is 32.2. The fourth-order valence-electron chi connectivity index (χ4n) is 5.32. The Hall–Kier alpha value is -4.05. The van der Waals surface area contributed by atoms with E-state index in [1.54, 1.807) is 62.6 Å². The van der Waals surface area contributed by atoms with Crippen molar-refractivity contribution in [1.82, 2.24) is 10.2 Å². The number of amides is 2. The highest BCUT2D eigenvalue weighted by molar-refractivity contribution is 7.92. The summed E-state index contributed by atoms with van der Waals surface area (Å²) in [6.07, 6.45) is 5.08. The van der Waals surface area contributed by atoms with Crippen LogP contribution in [0.1, 0.15) is 57.1 Å². The lowest BCUT2D eigenvalue weighted by molar-refractivity contribution is -0.139. The van der Waals surface area contributed by atoms with Gasteiger partial charge >= 0.3 is 0 Å². The minimum atomic E-state index is -4.15. The maximum Gasteiger partial charge on any atom is 0.264 e. The van der Waals surface area contributed by atoms with Crippen molar-refractivity contribution in [2.75, 3.05) is 24.6 Å². The smallest absolute Gasteiger partial charge is 0.264 e. The maximum atomic E-state index is 14.2. The summed E-state index contributed by atoms with van der Waals surface area (Å²) in [6.45, 7) is 5.51. The van der Waals surface area contributed by atoms with Crippen molar-refractivity contribution in [1.29, 1.82) is 0 Å². The zero-order valence-electron chi connectivity index (χ0n) is 26.0. The zero-order valence-corrected chi connectivity index (χ0v) is 26.8. The van der Waals surface area contributed by atoms with Gasteiger partial charge in [-0.3, -0.25) is 13.9 Å². The van der Waals surface area contributed by atoms with E-state index in [1.165, 1.54) is 17.0 Å². The van der Waals surface area contributed by atoms with Crippen LogP contribution < -0.4 is 19.1 Å². The summed E-state index contributed by atoms with van der Waals surface area (Å²) in [5.74, 6) is 0.495. The van der Waals surface area contributed by atoms with Crippen LogP contribution in [-0.4, -0.2) is 57.5 Å². The van der Waals surface area contributed by atoms with Gasteiger partial charge in [0.2, 0.25) is 11.8 Å². The number of anilines is 1. The Kier molecular flexibility index (Phi) is 11.3. The molecule has 3 aromatic rings. The third kappa shape index (κ3) is 8.31. The zero-order chi connectivity index (χ0) is 31.7. The summed E-state index contributed by atoms with van der Waals surface area (Å²) in [5, 5.41) is 3.12. The molecule has 1 aliphatic carbocycles. The van der Waals surface area contributed by atoms with Gasteiger partial charge in [-0.25, -0.2) is 8.42 Å². The first kappa shape index (κ1) is 32.9. The number of aryl methyl sites for hydroxylation is 1. The lowest BCUT2D eigenvalue weighted by atomic mass is 9.95. The number of ether oxygens (including phenoxy) is 2. The van der Waals surface area contributed by atoms with Gasteiger partial charge in [0, 0.05) is 12.6 Å². The quantitative estimate of drug-likeness (QED) is 0.272. The Morgan fingerprint density at radius 2 is 1.52 bits per heavy atom. The minimum absolute atomic E-state index is 0.0644. The van der Waals surface area contributed by atoms with E-state index in [4.69, 9.17) is 9.47 Å². The van der Waals surface area contributed by atoms with E-state index >= 15 is 0 Å². The van der Waals surface area contributed by atoms with E-state index in [1.807, 2.05) is 26.0 Å². The Bertz CT molecular complexity index is 1490. The highest BCUT2D eigenvalue weighted by Gasteiger charge is 2.33. The molecule has 4 rings (SSSR count). The molecule has 0 saturated heterocycles. The molecule has 1 aliphatic rings. The van der Waals surface area contributed by atoms with Crippen molar-refractivity contribution >= 4 is 27.5 Å². The molecule has 1 atom stereocenters. The minimum Gasteiger partial charge on any atom is -0.497 e. The predicted octanol–water partition coefficient (Wildman–Crippen LogP) is 5.46. The molecule has 236 valence electrons. The molecule has 3 aromatic carbocycles. The molecule has 2 amide bonds. The molecular weight excluding hydrogens is 578 g/mol. The van der Waals surface area contributed by atoms with Crippen LogP contribution in [0, 0.1) is 6.92 Å². The third-order valence-electron chi connectivity index (χ3n) is 7.95. The van der Waals surface area contributed by atoms with Crippen molar-refractivity contribution in [3.05, 3.63) is 83.9 Å². The van der Waals surface area contributed by atoms with Gasteiger partial charge in [0.1, 0.15) is 24.1 Å². The molecule has 9 nitrogen and oxygen atoms in total. The first-order valence-electron chi connectivity index (χ1n) is 15.2.